The van der Waals surface area contributed by atoms with E-state index in [1.165, 1.54) is 17.5 Å². The predicted octanol–water partition coefficient (Wildman–Crippen LogP) is 12.7. The number of benzene rings is 6. The van der Waals surface area contributed by atoms with E-state index in [0.717, 1.165) is 39.8 Å². The minimum Gasteiger partial charge on any atom is -0.497 e. The van der Waals surface area contributed by atoms with Crippen LogP contribution in [0.25, 0.3) is 22.3 Å². The minimum absolute atomic E-state index is 0.0225. The van der Waals surface area contributed by atoms with Gasteiger partial charge in [0.1, 0.15) is 42.4 Å². The molecule has 1 aliphatic carbocycles. The maximum Gasteiger partial charge on any atom is 0.305 e. The summed E-state index contributed by atoms with van der Waals surface area (Å²) in [7, 11) is 1.73. The molecule has 3 heterocycles. The summed E-state index contributed by atoms with van der Waals surface area (Å²) in [6.45, 7) is 11.8. The molecule has 8 aromatic rings. The van der Waals surface area contributed by atoms with Crippen molar-refractivity contribution in [3.05, 3.63) is 203 Å². The molecule has 2 aliphatic rings. The van der Waals surface area contributed by atoms with E-state index < -0.39 is 38.5 Å². The number of carbonyl (C=O) groups excluding carboxylic acids is 3. The Morgan fingerprint density at radius 2 is 1.34 bits per heavy atom. The summed E-state index contributed by atoms with van der Waals surface area (Å²) in [5.74, 6) is 0.695. The third kappa shape index (κ3) is 13.6. The molecule has 442 valence electrons. The largest absolute Gasteiger partial charge is 0.497 e. The highest BCUT2D eigenvalue weighted by Gasteiger charge is 2.45. The number of imidazole rings is 1. The van der Waals surface area contributed by atoms with E-state index in [-0.39, 0.29) is 68.3 Å². The van der Waals surface area contributed by atoms with Crippen molar-refractivity contribution in [2.75, 3.05) is 39.4 Å². The van der Waals surface area contributed by atoms with E-state index in [4.69, 9.17) is 37.7 Å². The first-order valence-corrected chi connectivity index (χ1v) is 30.2. The number of esters is 1. The molecule has 2 unspecified atom stereocenters. The zero-order valence-electron chi connectivity index (χ0n) is 49.2. The van der Waals surface area contributed by atoms with E-state index >= 15 is 0 Å². The highest BCUT2D eigenvalue weighted by Crippen LogP contribution is 2.51. The summed E-state index contributed by atoms with van der Waals surface area (Å²) in [5.41, 5.74) is 8.15. The molecule has 17 nitrogen and oxygen atoms in total. The number of ether oxygens (including phenoxy) is 5. The molecule has 18 heteroatoms. The van der Waals surface area contributed by atoms with Crippen LogP contribution in [-0.2, 0) is 45.0 Å². The van der Waals surface area contributed by atoms with Gasteiger partial charge in [0.15, 0.2) is 17.0 Å². The topological polar surface area (TPSA) is 187 Å². The van der Waals surface area contributed by atoms with E-state index in [2.05, 4.69) is 96.3 Å². The number of amides is 2. The van der Waals surface area contributed by atoms with Gasteiger partial charge in [-0.25, -0.2) is 19.6 Å². The number of methoxy groups -OCH3 is 2. The lowest BCUT2D eigenvalue weighted by atomic mass is 9.80. The average Bonchev–Trinajstić information content (AvgIpc) is 2.33. The van der Waals surface area contributed by atoms with Gasteiger partial charge in [-0.3, -0.25) is 19.0 Å². The predicted molar refractivity (Wildman–Crippen MR) is 327 cm³/mol. The van der Waals surface area contributed by atoms with Gasteiger partial charge < -0.3 is 43.4 Å². The molecule has 1 aliphatic heterocycles. The van der Waals surface area contributed by atoms with Crippen LogP contribution < -0.4 is 20.1 Å². The van der Waals surface area contributed by atoms with E-state index in [9.17, 15) is 14.4 Å². The molecule has 10 rings (SSSR count). The Morgan fingerprint density at radius 1 is 0.729 bits per heavy atom. The van der Waals surface area contributed by atoms with Crippen LogP contribution in [0.15, 0.2) is 164 Å². The third-order valence-electron chi connectivity index (χ3n) is 15.5. The van der Waals surface area contributed by atoms with Crippen LogP contribution in [0.4, 0.5) is 5.82 Å². The van der Waals surface area contributed by atoms with E-state index in [1.54, 1.807) is 44.8 Å². The Labute approximate surface area is 498 Å². The summed E-state index contributed by atoms with van der Waals surface area (Å²) in [6, 6.07) is 49.6. The lowest BCUT2D eigenvalue weighted by Crippen LogP contribution is -2.39. The average molecular weight is 1170 g/mol. The second-order valence-corrected chi connectivity index (χ2v) is 23.1. The smallest absolute Gasteiger partial charge is 0.305 e. The monoisotopic (exact) mass is 1170 g/mol. The maximum absolute atomic E-state index is 13.8. The van der Waals surface area contributed by atoms with Gasteiger partial charge >= 0.3 is 5.97 Å². The molecule has 2 amide bonds. The van der Waals surface area contributed by atoms with Gasteiger partial charge in [-0.15, -0.1) is 0 Å². The lowest BCUT2D eigenvalue weighted by Gasteiger charge is -2.39. The molecule has 0 spiro atoms. The Morgan fingerprint density at radius 3 is 1.95 bits per heavy atom. The number of aromatic nitrogens is 4. The quantitative estimate of drug-likeness (QED) is 0.0281. The van der Waals surface area contributed by atoms with Crippen molar-refractivity contribution in [3.63, 3.8) is 0 Å². The molecule has 2 N–H and O–H groups in total. The number of carbonyl (C=O) groups is 3. The Balaban J connectivity index is 0.813. The third-order valence-corrected chi connectivity index (χ3v) is 17.6. The van der Waals surface area contributed by atoms with Gasteiger partial charge in [0.25, 0.3) is 14.4 Å². The highest BCUT2D eigenvalue weighted by molar-refractivity contribution is 7.44. The van der Waals surface area contributed by atoms with Gasteiger partial charge in [0.2, 0.25) is 5.91 Å². The molecule has 2 aromatic heterocycles. The molecule has 85 heavy (non-hydrogen) atoms. The fraction of sp³-hybridized carbons (Fsp3) is 0.343. The van der Waals surface area contributed by atoms with Gasteiger partial charge in [0.05, 0.1) is 39.9 Å². The summed E-state index contributed by atoms with van der Waals surface area (Å²) < 4.78 is 49.4. The summed E-state index contributed by atoms with van der Waals surface area (Å²) >= 11 is 0. The zero-order valence-corrected chi connectivity index (χ0v) is 50.1. The van der Waals surface area contributed by atoms with Crippen LogP contribution >= 0.6 is 8.53 Å². The molecule has 0 bridgehead atoms. The van der Waals surface area contributed by atoms with Gasteiger partial charge in [-0.05, 0) is 121 Å². The minimum atomic E-state index is -1.56. The highest BCUT2D eigenvalue weighted by atomic mass is 31.2. The normalized spacial score (nSPS) is 16.1. The van der Waals surface area contributed by atoms with Crippen molar-refractivity contribution in [1.29, 1.82) is 0 Å². The van der Waals surface area contributed by atoms with Crippen LogP contribution in [0.5, 0.6) is 11.5 Å². The number of anilines is 1. The van der Waals surface area contributed by atoms with Crippen molar-refractivity contribution in [2.24, 2.45) is 0 Å². The van der Waals surface area contributed by atoms with Gasteiger partial charge in [0, 0.05) is 49.4 Å². The SMILES string of the molecule is CCCOP(OC1C[C@H](n2cnc3c(NC(=O)c4ccc(CNC(=O)CCCC(=O)OCC5c6ccccc6-c6ccccc65)cc4)ncnc32)O[C@@H]1COC(c1ccccc1)(c1ccc(OC)cc1)c1ccc(OC)cc1)N(C(C)C)C(C)C. The number of rotatable bonds is 27. The molecule has 0 saturated carbocycles. The molecular formula is C67H74N7O10P. The second kappa shape index (κ2) is 27.9. The van der Waals surface area contributed by atoms with Crippen LogP contribution in [-0.4, -0.2) is 100 Å². The Kier molecular flexibility index (Phi) is 19.8. The maximum atomic E-state index is 13.8. The number of nitrogens with zero attached hydrogens (tertiary/aromatic N) is 5. The molecule has 1 fully saturated rings. The van der Waals surface area contributed by atoms with E-state index in [0.29, 0.717) is 47.7 Å². The molecule has 4 atom stereocenters. The van der Waals surface area contributed by atoms with Crippen molar-refractivity contribution in [2.45, 2.75) is 115 Å². The van der Waals surface area contributed by atoms with Crippen molar-refractivity contribution >= 4 is 43.3 Å². The first-order valence-electron chi connectivity index (χ1n) is 29.1. The van der Waals surface area contributed by atoms with Crippen molar-refractivity contribution in [3.8, 4) is 22.6 Å². The molecule has 0 radical (unpaired) electrons. The number of nitrogens with one attached hydrogen (secondary N) is 2. The summed E-state index contributed by atoms with van der Waals surface area (Å²) in [5, 5.41) is 5.86. The Bertz CT molecular complexity index is 3430. The zero-order chi connectivity index (χ0) is 59.5. The Hall–Kier alpha value is -7.89. The van der Waals surface area contributed by atoms with Crippen LogP contribution in [0.3, 0.4) is 0 Å². The van der Waals surface area contributed by atoms with Crippen LogP contribution in [0, 0.1) is 0 Å². The summed E-state index contributed by atoms with van der Waals surface area (Å²) in [6.07, 6.45) is 3.12. The number of hydrogen-bond acceptors (Lipinski definition) is 14. The van der Waals surface area contributed by atoms with Gasteiger partial charge in [-0.2, -0.15) is 0 Å². The van der Waals surface area contributed by atoms with Crippen molar-refractivity contribution in [1.82, 2.24) is 29.5 Å². The lowest BCUT2D eigenvalue weighted by molar-refractivity contribution is -0.144. The standard InChI is InChI=1S/C67H74N7O10P/c1-8-37-82-85(74(44(2)3)45(4)5)84-58-38-61(83-59(58)41-81-67(48-17-10-9-11-18-48,49-29-33-51(78-6)34-30-49)50-31-35-52(79-7)36-32-50)73-43-71-63-64(69-42-70-65(63)73)72-66(77)47-27-25-46(26-28-47)39-68-60(75)23-16-24-62(76)80-40-57-55-21-14-12-19-53(55)54-20-13-15-22-56(54)57/h9-15,17-22,25-36,42-45,57-59,61H,8,16,23-24,37-41H2,1-7H3,(H,68,75)(H,69,70,72,77)/t58?,59-,61-,85?/m1/s1. The fourth-order valence-electron chi connectivity index (χ4n) is 11.3. The van der Waals surface area contributed by atoms with E-state index in [1.807, 2.05) is 95.6 Å². The summed E-state index contributed by atoms with van der Waals surface area (Å²) in [4.78, 5) is 53.4. The second-order valence-electron chi connectivity index (χ2n) is 21.7. The van der Waals surface area contributed by atoms with Crippen molar-refractivity contribution < 1.29 is 47.1 Å². The van der Waals surface area contributed by atoms with Crippen LogP contribution in [0.1, 0.15) is 123 Å². The first-order chi connectivity index (χ1) is 41.4. The fourth-order valence-corrected chi connectivity index (χ4v) is 13.2. The van der Waals surface area contributed by atoms with Crippen LogP contribution in [0.2, 0.25) is 0 Å². The molecular weight excluding hydrogens is 1090 g/mol. The number of fused-ring (bicyclic) bond motifs is 4. The molecule has 6 aromatic carbocycles. The first kappa shape index (κ1) is 60.2. The molecule has 1 saturated heterocycles. The van der Waals surface area contributed by atoms with Gasteiger partial charge in [-0.1, -0.05) is 122 Å². The number of hydrogen-bond donors (Lipinski definition) is 2.